The van der Waals surface area contributed by atoms with Crippen molar-refractivity contribution in [2.75, 3.05) is 13.2 Å². The molecule has 22 heavy (non-hydrogen) atoms. The zero-order valence-corrected chi connectivity index (χ0v) is 13.0. The maximum atomic E-state index is 11.2. The summed E-state index contributed by atoms with van der Waals surface area (Å²) in [6.45, 7) is 0.422. The molecule has 2 heterocycles. The number of carbonyl (C=O) groups is 1. The lowest BCUT2D eigenvalue weighted by Crippen LogP contribution is -2.49. The van der Waals surface area contributed by atoms with Gasteiger partial charge in [-0.3, -0.25) is 4.79 Å². The van der Waals surface area contributed by atoms with E-state index < -0.39 is 5.79 Å². The Morgan fingerprint density at radius 2 is 2.05 bits per heavy atom. The molecular formula is C16H27NO5. The Kier molecular flexibility index (Phi) is 5.02. The second kappa shape index (κ2) is 6.83. The lowest BCUT2D eigenvalue weighted by Gasteiger charge is -2.34. The van der Waals surface area contributed by atoms with Crippen molar-refractivity contribution in [2.45, 2.75) is 75.4 Å². The first-order valence-corrected chi connectivity index (χ1v) is 8.51. The van der Waals surface area contributed by atoms with Crippen LogP contribution in [0.5, 0.6) is 0 Å². The van der Waals surface area contributed by atoms with Crippen LogP contribution in [0.3, 0.4) is 0 Å². The van der Waals surface area contributed by atoms with E-state index in [1.165, 1.54) is 6.42 Å². The summed E-state index contributed by atoms with van der Waals surface area (Å²) in [6, 6.07) is -0.231. The molecule has 3 aliphatic rings. The van der Waals surface area contributed by atoms with Gasteiger partial charge in [-0.15, -0.1) is 0 Å². The van der Waals surface area contributed by atoms with E-state index >= 15 is 0 Å². The number of carbonyl (C=O) groups excluding carboxylic acids is 1. The predicted octanol–water partition coefficient (Wildman–Crippen LogP) is 1.09. The van der Waals surface area contributed by atoms with E-state index in [1.807, 2.05) is 0 Å². The number of cyclic esters (lactones) is 1. The smallest absolute Gasteiger partial charge is 0.305 e. The molecule has 1 spiro atoms. The summed E-state index contributed by atoms with van der Waals surface area (Å²) in [4.78, 5) is 11.2. The standard InChI is InChI=1S/C16H27NO5/c17-14(11-4-5-13(19)20-10-11)15-12(6-9-18)21-16(22-15)7-2-1-3-8-16/h11-12,14-15,18H,1-10,17H2/t11-,12?,14?,15?/m0/s1. The highest BCUT2D eigenvalue weighted by Gasteiger charge is 2.50. The van der Waals surface area contributed by atoms with Crippen LogP contribution < -0.4 is 5.73 Å². The van der Waals surface area contributed by atoms with Crippen LogP contribution in [-0.2, 0) is 19.0 Å². The second-order valence-electron chi connectivity index (χ2n) is 6.78. The van der Waals surface area contributed by atoms with Gasteiger partial charge in [0.1, 0.15) is 6.10 Å². The average molecular weight is 313 g/mol. The predicted molar refractivity (Wildman–Crippen MR) is 78.9 cm³/mol. The fraction of sp³-hybridized carbons (Fsp3) is 0.938. The molecule has 3 N–H and O–H groups in total. The van der Waals surface area contributed by atoms with Crippen molar-refractivity contribution in [2.24, 2.45) is 11.7 Å². The summed E-state index contributed by atoms with van der Waals surface area (Å²) in [5, 5.41) is 9.31. The Morgan fingerprint density at radius 3 is 2.68 bits per heavy atom. The highest BCUT2D eigenvalue weighted by atomic mass is 16.8. The summed E-state index contributed by atoms with van der Waals surface area (Å²) in [5.41, 5.74) is 6.43. The number of aliphatic hydroxyl groups is 1. The van der Waals surface area contributed by atoms with Crippen LogP contribution >= 0.6 is 0 Å². The molecule has 0 aromatic carbocycles. The molecule has 2 saturated heterocycles. The molecule has 1 aliphatic carbocycles. The second-order valence-corrected chi connectivity index (χ2v) is 6.78. The first-order chi connectivity index (χ1) is 10.6. The van der Waals surface area contributed by atoms with Gasteiger partial charge in [0.2, 0.25) is 0 Å². The molecule has 6 nitrogen and oxygen atoms in total. The van der Waals surface area contributed by atoms with Crippen molar-refractivity contribution >= 4 is 5.97 Å². The highest BCUT2D eigenvalue weighted by molar-refractivity contribution is 5.70. The molecule has 2 aliphatic heterocycles. The number of hydrogen-bond acceptors (Lipinski definition) is 6. The fourth-order valence-electron chi connectivity index (χ4n) is 3.93. The number of hydrogen-bond donors (Lipinski definition) is 2. The molecule has 3 rings (SSSR count). The third-order valence-corrected chi connectivity index (χ3v) is 5.21. The average Bonchev–Trinajstić information content (AvgIpc) is 2.86. The number of aliphatic hydroxyl groups excluding tert-OH is 1. The molecule has 0 aromatic heterocycles. The van der Waals surface area contributed by atoms with Crippen molar-refractivity contribution in [3.8, 4) is 0 Å². The lowest BCUT2D eigenvalue weighted by atomic mass is 9.88. The fourth-order valence-corrected chi connectivity index (χ4v) is 3.93. The van der Waals surface area contributed by atoms with E-state index in [9.17, 15) is 9.90 Å². The van der Waals surface area contributed by atoms with Crippen LogP contribution in [0.15, 0.2) is 0 Å². The molecule has 1 saturated carbocycles. The van der Waals surface area contributed by atoms with Crippen molar-refractivity contribution in [3.63, 3.8) is 0 Å². The van der Waals surface area contributed by atoms with E-state index in [0.717, 1.165) is 32.1 Å². The Bertz CT molecular complexity index is 386. The summed E-state index contributed by atoms with van der Waals surface area (Å²) >= 11 is 0. The summed E-state index contributed by atoms with van der Waals surface area (Å²) in [7, 11) is 0. The minimum Gasteiger partial charge on any atom is -0.465 e. The molecule has 0 radical (unpaired) electrons. The van der Waals surface area contributed by atoms with Crippen LogP contribution in [0.25, 0.3) is 0 Å². The minimum atomic E-state index is -0.508. The Morgan fingerprint density at radius 1 is 1.27 bits per heavy atom. The van der Waals surface area contributed by atoms with E-state index in [2.05, 4.69) is 0 Å². The number of esters is 1. The van der Waals surface area contributed by atoms with Gasteiger partial charge in [-0.25, -0.2) is 0 Å². The van der Waals surface area contributed by atoms with Crippen LogP contribution in [0, 0.1) is 5.92 Å². The quantitative estimate of drug-likeness (QED) is 0.755. The topological polar surface area (TPSA) is 91.0 Å². The Hall–Kier alpha value is -0.690. The number of rotatable bonds is 4. The van der Waals surface area contributed by atoms with E-state index in [4.69, 9.17) is 19.9 Å². The van der Waals surface area contributed by atoms with Gasteiger partial charge in [0.25, 0.3) is 0 Å². The van der Waals surface area contributed by atoms with Crippen molar-refractivity contribution in [3.05, 3.63) is 0 Å². The summed E-state index contributed by atoms with van der Waals surface area (Å²) < 4.78 is 17.6. The van der Waals surface area contributed by atoms with Gasteiger partial charge in [0, 0.05) is 37.8 Å². The van der Waals surface area contributed by atoms with E-state index in [0.29, 0.717) is 19.4 Å². The van der Waals surface area contributed by atoms with Gasteiger partial charge >= 0.3 is 5.97 Å². The van der Waals surface area contributed by atoms with Crippen molar-refractivity contribution in [1.82, 2.24) is 0 Å². The third-order valence-electron chi connectivity index (χ3n) is 5.21. The van der Waals surface area contributed by atoms with Gasteiger partial charge in [-0.2, -0.15) is 0 Å². The summed E-state index contributed by atoms with van der Waals surface area (Å²) in [6.07, 6.45) is 6.52. The van der Waals surface area contributed by atoms with Crippen LogP contribution in [0.4, 0.5) is 0 Å². The zero-order chi connectivity index (χ0) is 15.6. The molecule has 3 fully saturated rings. The molecular weight excluding hydrogens is 286 g/mol. The van der Waals surface area contributed by atoms with Crippen LogP contribution in [0.1, 0.15) is 51.4 Å². The largest absolute Gasteiger partial charge is 0.465 e. The van der Waals surface area contributed by atoms with Crippen LogP contribution in [-0.4, -0.2) is 48.3 Å². The SMILES string of the molecule is NC(C1OC2(CCCCC2)OC1CCO)[C@H]1CCC(=O)OC1. The maximum Gasteiger partial charge on any atom is 0.305 e. The number of nitrogens with two attached hydrogens (primary N) is 1. The molecule has 4 atom stereocenters. The molecule has 3 unspecified atom stereocenters. The van der Waals surface area contributed by atoms with Gasteiger partial charge in [-0.1, -0.05) is 6.42 Å². The van der Waals surface area contributed by atoms with E-state index in [1.54, 1.807) is 0 Å². The van der Waals surface area contributed by atoms with Gasteiger partial charge in [-0.05, 0) is 25.7 Å². The summed E-state index contributed by atoms with van der Waals surface area (Å²) in [5.74, 6) is -0.556. The molecule has 6 heteroatoms. The van der Waals surface area contributed by atoms with Crippen molar-refractivity contribution < 1.29 is 24.1 Å². The molecule has 0 amide bonds. The first-order valence-electron chi connectivity index (χ1n) is 8.51. The third kappa shape index (κ3) is 3.30. The zero-order valence-electron chi connectivity index (χ0n) is 13.0. The molecule has 0 aromatic rings. The molecule has 126 valence electrons. The normalized spacial score (nSPS) is 36.3. The Labute approximate surface area is 131 Å². The molecule has 0 bridgehead atoms. The Balaban J connectivity index is 1.67. The van der Waals surface area contributed by atoms with Gasteiger partial charge < -0.3 is 25.1 Å². The number of ether oxygens (including phenoxy) is 3. The highest BCUT2D eigenvalue weighted by Crippen LogP contribution is 2.43. The van der Waals surface area contributed by atoms with Gasteiger partial charge in [0.05, 0.1) is 12.7 Å². The first kappa shape index (κ1) is 16.2. The van der Waals surface area contributed by atoms with Gasteiger partial charge in [0.15, 0.2) is 5.79 Å². The maximum absolute atomic E-state index is 11.2. The minimum absolute atomic E-state index is 0.0625. The van der Waals surface area contributed by atoms with Crippen LogP contribution in [0.2, 0.25) is 0 Å². The van der Waals surface area contributed by atoms with Crippen molar-refractivity contribution in [1.29, 1.82) is 0 Å². The lowest BCUT2D eigenvalue weighted by molar-refractivity contribution is -0.197. The van der Waals surface area contributed by atoms with E-state index in [-0.39, 0.29) is 36.7 Å². The monoisotopic (exact) mass is 313 g/mol.